The Morgan fingerprint density at radius 2 is 2.04 bits per heavy atom. The normalized spacial score (nSPS) is 12.0. The summed E-state index contributed by atoms with van der Waals surface area (Å²) in [6.07, 6.45) is 4.27. The molecular weight excluding hydrogens is 344 g/mol. The van der Waals surface area contributed by atoms with E-state index in [4.69, 9.17) is 0 Å². The summed E-state index contributed by atoms with van der Waals surface area (Å²) in [7, 11) is 0. The molecule has 2 aromatic heterocycles. The van der Waals surface area contributed by atoms with E-state index in [0.717, 1.165) is 29.3 Å². The topological polar surface area (TPSA) is 103 Å². The third kappa shape index (κ3) is 3.86. The highest BCUT2D eigenvalue weighted by molar-refractivity contribution is 6.00. The summed E-state index contributed by atoms with van der Waals surface area (Å²) in [6.45, 7) is 4.49. The van der Waals surface area contributed by atoms with Gasteiger partial charge in [0.2, 0.25) is 5.88 Å². The molecule has 7 nitrogen and oxygen atoms in total. The smallest absolute Gasteiger partial charge is 0.331 e. The molecule has 0 aliphatic carbocycles. The van der Waals surface area contributed by atoms with Crippen molar-refractivity contribution in [2.45, 2.75) is 39.7 Å². The van der Waals surface area contributed by atoms with Crippen LogP contribution in [0.1, 0.15) is 37.8 Å². The van der Waals surface area contributed by atoms with Crippen molar-refractivity contribution < 1.29 is 5.11 Å². The van der Waals surface area contributed by atoms with Crippen molar-refractivity contribution in [2.75, 3.05) is 6.54 Å². The highest BCUT2D eigenvalue weighted by atomic mass is 16.3. The molecule has 142 valence electrons. The van der Waals surface area contributed by atoms with Gasteiger partial charge in [-0.25, -0.2) is 4.79 Å². The predicted octanol–water partition coefficient (Wildman–Crippen LogP) is 2.58. The minimum Gasteiger partial charge on any atom is -0.494 e. The van der Waals surface area contributed by atoms with Crippen molar-refractivity contribution in [2.24, 2.45) is 4.99 Å². The molecule has 1 aromatic carbocycles. The molecule has 3 N–H and O–H groups in total. The molecule has 7 heteroatoms. The van der Waals surface area contributed by atoms with Crippen molar-refractivity contribution in [3.8, 4) is 5.88 Å². The molecule has 0 aliphatic rings. The van der Waals surface area contributed by atoms with Crippen LogP contribution in [0.25, 0.3) is 10.9 Å². The first-order chi connectivity index (χ1) is 13.0. The van der Waals surface area contributed by atoms with Crippen LogP contribution in [0.2, 0.25) is 0 Å². The van der Waals surface area contributed by atoms with E-state index in [1.165, 1.54) is 4.57 Å². The standard InChI is InChI=1S/C20H24N4O3/c1-3-4-11-24-19(26)17(18(25)23-20(24)27)13(2)21-10-9-14-12-22-16-8-6-5-7-15(14)16/h5-8,12,22,26H,3-4,9-11H2,1-2H3,(H,23,25,27). The third-order valence-corrected chi connectivity index (χ3v) is 4.67. The van der Waals surface area contributed by atoms with Crippen LogP contribution in [0.15, 0.2) is 45.0 Å². The number of benzene rings is 1. The summed E-state index contributed by atoms with van der Waals surface area (Å²) in [5.74, 6) is -0.314. The van der Waals surface area contributed by atoms with Gasteiger partial charge in [-0.2, -0.15) is 0 Å². The molecule has 0 saturated carbocycles. The zero-order valence-corrected chi connectivity index (χ0v) is 15.6. The second-order valence-electron chi connectivity index (χ2n) is 6.54. The second kappa shape index (κ2) is 8.07. The lowest BCUT2D eigenvalue weighted by molar-refractivity contribution is 0.394. The van der Waals surface area contributed by atoms with Crippen molar-refractivity contribution >= 4 is 16.6 Å². The quantitative estimate of drug-likeness (QED) is 0.558. The average Bonchev–Trinajstić information content (AvgIpc) is 3.04. The van der Waals surface area contributed by atoms with Crippen LogP contribution in [0.3, 0.4) is 0 Å². The molecule has 0 radical (unpaired) electrons. The van der Waals surface area contributed by atoms with Crippen LogP contribution in [-0.2, 0) is 13.0 Å². The highest BCUT2D eigenvalue weighted by Crippen LogP contribution is 2.18. The molecule has 27 heavy (non-hydrogen) atoms. The third-order valence-electron chi connectivity index (χ3n) is 4.67. The summed E-state index contributed by atoms with van der Waals surface area (Å²) in [4.78, 5) is 34.1. The molecule has 0 fully saturated rings. The first-order valence-electron chi connectivity index (χ1n) is 9.15. The number of nitrogens with one attached hydrogen (secondary N) is 2. The molecule has 3 aromatic rings. The van der Waals surface area contributed by atoms with E-state index in [-0.39, 0.29) is 11.4 Å². The van der Waals surface area contributed by atoms with Gasteiger partial charge in [-0.05, 0) is 31.4 Å². The first kappa shape index (κ1) is 18.7. The molecule has 0 atom stereocenters. The Balaban J connectivity index is 1.83. The lowest BCUT2D eigenvalue weighted by atomic mass is 10.1. The van der Waals surface area contributed by atoms with Gasteiger partial charge in [0.15, 0.2) is 0 Å². The van der Waals surface area contributed by atoms with E-state index in [0.29, 0.717) is 25.2 Å². The SMILES string of the molecule is CCCCn1c(O)c(C(C)=NCCc2c[nH]c3ccccc23)c(=O)[nH]c1=O. The van der Waals surface area contributed by atoms with Gasteiger partial charge in [0, 0.05) is 35.9 Å². The van der Waals surface area contributed by atoms with Gasteiger partial charge in [0.25, 0.3) is 5.56 Å². The van der Waals surface area contributed by atoms with Crippen LogP contribution >= 0.6 is 0 Å². The summed E-state index contributed by atoms with van der Waals surface area (Å²) >= 11 is 0. The van der Waals surface area contributed by atoms with Gasteiger partial charge in [0.05, 0.1) is 0 Å². The van der Waals surface area contributed by atoms with Gasteiger partial charge in [0.1, 0.15) is 5.56 Å². The number of H-pyrrole nitrogens is 2. The zero-order chi connectivity index (χ0) is 19.4. The minimum atomic E-state index is -0.612. The monoisotopic (exact) mass is 368 g/mol. The Morgan fingerprint density at radius 3 is 2.81 bits per heavy atom. The Labute approximate surface area is 156 Å². The number of aromatic amines is 2. The lowest BCUT2D eigenvalue weighted by Gasteiger charge is -2.10. The summed E-state index contributed by atoms with van der Waals surface area (Å²) in [5.41, 5.74) is 1.49. The summed E-state index contributed by atoms with van der Waals surface area (Å²) in [6, 6.07) is 8.04. The second-order valence-corrected chi connectivity index (χ2v) is 6.54. The van der Waals surface area contributed by atoms with Gasteiger partial charge in [-0.1, -0.05) is 31.5 Å². The molecule has 0 amide bonds. The van der Waals surface area contributed by atoms with Gasteiger partial charge >= 0.3 is 5.69 Å². The van der Waals surface area contributed by atoms with Gasteiger partial charge < -0.3 is 10.1 Å². The first-order valence-corrected chi connectivity index (χ1v) is 9.15. The van der Waals surface area contributed by atoms with Crippen LogP contribution in [0.4, 0.5) is 0 Å². The maximum atomic E-state index is 12.2. The van der Waals surface area contributed by atoms with E-state index in [1.54, 1.807) is 6.92 Å². The largest absolute Gasteiger partial charge is 0.494 e. The Hall–Kier alpha value is -3.09. The van der Waals surface area contributed by atoms with E-state index in [2.05, 4.69) is 21.0 Å². The van der Waals surface area contributed by atoms with E-state index >= 15 is 0 Å². The lowest BCUT2D eigenvalue weighted by Crippen LogP contribution is -2.33. The van der Waals surface area contributed by atoms with Crippen molar-refractivity contribution in [3.63, 3.8) is 0 Å². The van der Waals surface area contributed by atoms with Gasteiger partial charge in [-0.3, -0.25) is 19.3 Å². The maximum absolute atomic E-state index is 12.2. The number of hydrogen-bond donors (Lipinski definition) is 3. The number of fused-ring (bicyclic) bond motifs is 1. The van der Waals surface area contributed by atoms with E-state index in [9.17, 15) is 14.7 Å². The Morgan fingerprint density at radius 1 is 1.26 bits per heavy atom. The molecule has 2 heterocycles. The van der Waals surface area contributed by atoms with E-state index < -0.39 is 11.2 Å². The van der Waals surface area contributed by atoms with Crippen molar-refractivity contribution in [1.29, 1.82) is 0 Å². The van der Waals surface area contributed by atoms with Crippen LogP contribution in [-0.4, -0.2) is 31.9 Å². The maximum Gasteiger partial charge on any atom is 0.331 e. The number of hydrogen-bond acceptors (Lipinski definition) is 4. The van der Waals surface area contributed by atoms with Crippen molar-refractivity contribution in [3.05, 3.63) is 62.4 Å². The molecule has 0 saturated heterocycles. The predicted molar refractivity (Wildman–Crippen MR) is 107 cm³/mol. The van der Waals surface area contributed by atoms with Crippen LogP contribution in [0, 0.1) is 0 Å². The number of para-hydroxylation sites is 1. The molecule has 0 spiro atoms. The van der Waals surface area contributed by atoms with Crippen molar-refractivity contribution in [1.82, 2.24) is 14.5 Å². The zero-order valence-electron chi connectivity index (χ0n) is 15.6. The molecular formula is C20H24N4O3. The molecule has 0 bridgehead atoms. The van der Waals surface area contributed by atoms with Crippen LogP contribution < -0.4 is 11.2 Å². The molecule has 0 unspecified atom stereocenters. The molecule has 0 aliphatic heterocycles. The number of nitrogens with zero attached hydrogens (tertiary/aromatic N) is 2. The fraction of sp³-hybridized carbons (Fsp3) is 0.350. The van der Waals surface area contributed by atoms with E-state index in [1.807, 2.05) is 31.3 Å². The highest BCUT2D eigenvalue weighted by Gasteiger charge is 2.16. The Kier molecular flexibility index (Phi) is 5.59. The number of unbranched alkanes of at least 4 members (excludes halogenated alkanes) is 1. The average molecular weight is 368 g/mol. The number of aromatic nitrogens is 3. The summed E-state index contributed by atoms with van der Waals surface area (Å²) in [5, 5.41) is 11.6. The number of aromatic hydroxyl groups is 1. The fourth-order valence-corrected chi connectivity index (χ4v) is 3.17. The van der Waals surface area contributed by atoms with Gasteiger partial charge in [-0.15, -0.1) is 0 Å². The van der Waals surface area contributed by atoms with Crippen LogP contribution in [0.5, 0.6) is 5.88 Å². The summed E-state index contributed by atoms with van der Waals surface area (Å²) < 4.78 is 1.19. The minimum absolute atomic E-state index is 0.0598. The number of aliphatic imine (C=N–C) groups is 1. The molecule has 3 rings (SSSR count). The number of rotatable bonds is 7. The Bertz CT molecular complexity index is 1090. The fourth-order valence-electron chi connectivity index (χ4n) is 3.17.